The predicted octanol–water partition coefficient (Wildman–Crippen LogP) is 4.51. The first-order valence-electron chi connectivity index (χ1n) is 7.89. The smallest absolute Gasteiger partial charge is 0.293 e. The van der Waals surface area contributed by atoms with Gasteiger partial charge in [-0.3, -0.25) is 19.3 Å². The van der Waals surface area contributed by atoms with Crippen molar-refractivity contribution < 1.29 is 14.4 Å². The molecule has 0 spiro atoms. The summed E-state index contributed by atoms with van der Waals surface area (Å²) in [5.41, 5.74) is 1.51. The van der Waals surface area contributed by atoms with Gasteiger partial charge in [-0.25, -0.2) is 0 Å². The molecule has 0 bridgehead atoms. The summed E-state index contributed by atoms with van der Waals surface area (Å²) < 4.78 is 0.892. The quantitative estimate of drug-likeness (QED) is 0.708. The number of nitrogens with zero attached hydrogens (tertiary/aromatic N) is 1. The first kappa shape index (κ1) is 18.4. The van der Waals surface area contributed by atoms with Crippen LogP contribution in [0.3, 0.4) is 0 Å². The molecule has 0 radical (unpaired) electrons. The van der Waals surface area contributed by atoms with E-state index >= 15 is 0 Å². The lowest BCUT2D eigenvalue weighted by Crippen LogP contribution is -2.31. The molecule has 7 heteroatoms. The summed E-state index contributed by atoms with van der Waals surface area (Å²) in [6.07, 6.45) is 1.73. The van der Waals surface area contributed by atoms with Crippen molar-refractivity contribution in [3.05, 3.63) is 69.5 Å². The van der Waals surface area contributed by atoms with Gasteiger partial charge in [0.2, 0.25) is 5.91 Å². The number of anilines is 1. The Kier molecular flexibility index (Phi) is 5.90. The lowest BCUT2D eigenvalue weighted by molar-refractivity contribution is -0.123. The Morgan fingerprint density at radius 1 is 1.12 bits per heavy atom. The number of hydrogen-bond acceptors (Lipinski definition) is 4. The molecule has 2 aromatic rings. The second-order valence-corrected chi connectivity index (χ2v) is 7.46. The molecule has 1 aliphatic heterocycles. The molecule has 2 aromatic carbocycles. The van der Waals surface area contributed by atoms with Gasteiger partial charge in [-0.2, -0.15) is 0 Å². The highest BCUT2D eigenvalue weighted by atomic mass is 79.9. The van der Waals surface area contributed by atoms with Gasteiger partial charge in [0.05, 0.1) is 4.91 Å². The molecule has 26 heavy (non-hydrogen) atoms. The average Bonchev–Trinajstić information content (AvgIpc) is 2.87. The molecule has 3 rings (SSSR count). The van der Waals surface area contributed by atoms with E-state index in [-0.39, 0.29) is 30.0 Å². The van der Waals surface area contributed by atoms with Crippen LogP contribution in [0.2, 0.25) is 0 Å². The fraction of sp³-hybridized carbons (Fsp3) is 0.105. The van der Waals surface area contributed by atoms with Crippen LogP contribution in [-0.4, -0.2) is 28.5 Å². The Labute approximate surface area is 163 Å². The van der Waals surface area contributed by atoms with Gasteiger partial charge >= 0.3 is 0 Å². The van der Waals surface area contributed by atoms with E-state index in [1.807, 2.05) is 42.5 Å². The zero-order chi connectivity index (χ0) is 18.5. The molecule has 132 valence electrons. The summed E-state index contributed by atoms with van der Waals surface area (Å²) in [6, 6.07) is 16.5. The highest BCUT2D eigenvalue weighted by Gasteiger charge is 2.35. The van der Waals surface area contributed by atoms with Gasteiger partial charge in [-0.05, 0) is 47.7 Å². The maximum atomic E-state index is 12.4. The lowest BCUT2D eigenvalue weighted by atomic mass is 10.2. The summed E-state index contributed by atoms with van der Waals surface area (Å²) in [4.78, 5) is 38.0. The first-order chi connectivity index (χ1) is 12.5. The number of amides is 3. The predicted molar refractivity (Wildman–Crippen MR) is 107 cm³/mol. The first-order valence-corrected chi connectivity index (χ1v) is 9.50. The zero-order valence-electron chi connectivity index (χ0n) is 13.6. The molecule has 1 saturated heterocycles. The van der Waals surface area contributed by atoms with Crippen molar-refractivity contribution in [3.8, 4) is 0 Å². The summed E-state index contributed by atoms with van der Waals surface area (Å²) >= 11 is 4.27. The van der Waals surface area contributed by atoms with Crippen LogP contribution in [0.4, 0.5) is 10.5 Å². The molecule has 0 atom stereocenters. The topological polar surface area (TPSA) is 66.5 Å². The van der Waals surface area contributed by atoms with E-state index in [1.54, 1.807) is 18.2 Å². The van der Waals surface area contributed by atoms with Gasteiger partial charge in [0.15, 0.2) is 0 Å². The standard InChI is InChI=1S/C19H15BrN2O3S/c20-14-6-4-5-13(11-14)12-16-18(24)22(19(25)26-16)10-9-17(23)21-15-7-2-1-3-8-15/h1-8,11-12H,9-10H2,(H,21,23). The lowest BCUT2D eigenvalue weighted by Gasteiger charge is -2.12. The molecule has 1 fully saturated rings. The van der Waals surface area contributed by atoms with E-state index in [0.717, 1.165) is 26.7 Å². The minimum absolute atomic E-state index is 0.0527. The van der Waals surface area contributed by atoms with E-state index < -0.39 is 0 Å². The Morgan fingerprint density at radius 2 is 1.88 bits per heavy atom. The van der Waals surface area contributed by atoms with Crippen LogP contribution in [0.5, 0.6) is 0 Å². The van der Waals surface area contributed by atoms with Crippen molar-refractivity contribution in [2.24, 2.45) is 0 Å². The summed E-state index contributed by atoms with van der Waals surface area (Å²) in [6.45, 7) is 0.0547. The second kappa shape index (κ2) is 8.33. The minimum atomic E-state index is -0.368. The van der Waals surface area contributed by atoms with Crippen molar-refractivity contribution >= 4 is 56.5 Å². The molecular formula is C19H15BrN2O3S. The van der Waals surface area contributed by atoms with Gasteiger partial charge in [-0.15, -0.1) is 0 Å². The second-order valence-electron chi connectivity index (χ2n) is 5.55. The third-order valence-electron chi connectivity index (χ3n) is 3.64. The Morgan fingerprint density at radius 3 is 2.62 bits per heavy atom. The van der Waals surface area contributed by atoms with Crippen molar-refractivity contribution in [1.82, 2.24) is 4.90 Å². The fourth-order valence-electron chi connectivity index (χ4n) is 2.40. The average molecular weight is 431 g/mol. The maximum Gasteiger partial charge on any atom is 0.293 e. The third-order valence-corrected chi connectivity index (χ3v) is 5.04. The zero-order valence-corrected chi connectivity index (χ0v) is 16.0. The number of carbonyl (C=O) groups excluding carboxylic acids is 3. The fourth-order valence-corrected chi connectivity index (χ4v) is 3.68. The van der Waals surface area contributed by atoms with Gasteiger partial charge in [0, 0.05) is 23.1 Å². The van der Waals surface area contributed by atoms with Gasteiger partial charge in [0.25, 0.3) is 11.1 Å². The molecule has 0 unspecified atom stereocenters. The number of rotatable bonds is 5. The van der Waals surface area contributed by atoms with Gasteiger partial charge in [0.1, 0.15) is 0 Å². The molecule has 0 aliphatic carbocycles. The Balaban J connectivity index is 1.61. The molecular weight excluding hydrogens is 416 g/mol. The summed E-state index contributed by atoms with van der Waals surface area (Å²) in [5, 5.41) is 2.38. The Bertz CT molecular complexity index is 883. The van der Waals surface area contributed by atoms with Crippen LogP contribution in [0, 0.1) is 0 Å². The van der Waals surface area contributed by atoms with E-state index in [4.69, 9.17) is 0 Å². The minimum Gasteiger partial charge on any atom is -0.326 e. The number of hydrogen-bond donors (Lipinski definition) is 1. The van der Waals surface area contributed by atoms with Crippen LogP contribution in [0.1, 0.15) is 12.0 Å². The number of imide groups is 1. The van der Waals surface area contributed by atoms with E-state index in [1.165, 1.54) is 0 Å². The van der Waals surface area contributed by atoms with Crippen LogP contribution in [0.15, 0.2) is 64.0 Å². The maximum absolute atomic E-state index is 12.4. The molecule has 0 aromatic heterocycles. The normalized spacial score (nSPS) is 15.6. The number of thioether (sulfide) groups is 1. The van der Waals surface area contributed by atoms with E-state index in [0.29, 0.717) is 10.6 Å². The largest absolute Gasteiger partial charge is 0.326 e. The molecule has 5 nitrogen and oxygen atoms in total. The third kappa shape index (κ3) is 4.62. The number of nitrogens with one attached hydrogen (secondary N) is 1. The number of carbonyl (C=O) groups is 3. The monoisotopic (exact) mass is 430 g/mol. The highest BCUT2D eigenvalue weighted by molar-refractivity contribution is 9.10. The van der Waals surface area contributed by atoms with Crippen molar-refractivity contribution in [2.45, 2.75) is 6.42 Å². The molecule has 1 heterocycles. The van der Waals surface area contributed by atoms with Crippen molar-refractivity contribution in [2.75, 3.05) is 11.9 Å². The highest BCUT2D eigenvalue weighted by Crippen LogP contribution is 2.32. The summed E-state index contributed by atoms with van der Waals surface area (Å²) in [7, 11) is 0. The van der Waals surface area contributed by atoms with Crippen LogP contribution in [-0.2, 0) is 9.59 Å². The Hall–Kier alpha value is -2.38. The SMILES string of the molecule is O=C(CCN1C(=O)SC(=Cc2cccc(Br)c2)C1=O)Nc1ccccc1. The van der Waals surface area contributed by atoms with Crippen molar-refractivity contribution in [1.29, 1.82) is 0 Å². The van der Waals surface area contributed by atoms with Crippen LogP contribution < -0.4 is 5.32 Å². The van der Waals surface area contributed by atoms with E-state index in [2.05, 4.69) is 21.2 Å². The van der Waals surface area contributed by atoms with Crippen molar-refractivity contribution in [3.63, 3.8) is 0 Å². The number of halogens is 1. The molecule has 1 aliphatic rings. The molecule has 3 amide bonds. The van der Waals surface area contributed by atoms with Gasteiger partial charge < -0.3 is 5.32 Å². The molecule has 1 N–H and O–H groups in total. The number of para-hydroxylation sites is 1. The summed E-state index contributed by atoms with van der Waals surface area (Å²) in [5.74, 6) is -0.612. The van der Waals surface area contributed by atoms with Crippen LogP contribution in [0.25, 0.3) is 6.08 Å². The van der Waals surface area contributed by atoms with Crippen LogP contribution >= 0.6 is 27.7 Å². The number of benzene rings is 2. The van der Waals surface area contributed by atoms with Gasteiger partial charge in [-0.1, -0.05) is 46.3 Å². The van der Waals surface area contributed by atoms with E-state index in [9.17, 15) is 14.4 Å². The molecule has 0 saturated carbocycles.